The molecule has 0 fully saturated rings. The van der Waals surface area contributed by atoms with Crippen LogP contribution >= 0.6 is 0 Å². The van der Waals surface area contributed by atoms with Crippen molar-refractivity contribution in [3.63, 3.8) is 0 Å². The molecule has 0 amide bonds. The van der Waals surface area contributed by atoms with Gasteiger partial charge >= 0.3 is 0 Å². The van der Waals surface area contributed by atoms with Gasteiger partial charge in [0.15, 0.2) is 0 Å². The lowest BCUT2D eigenvalue weighted by atomic mass is 10.0. The van der Waals surface area contributed by atoms with Crippen molar-refractivity contribution >= 4 is 0 Å². The van der Waals surface area contributed by atoms with E-state index in [1.165, 1.54) is 24.3 Å². The Kier molecular flexibility index (Phi) is 8.79. The smallest absolute Gasteiger partial charge is 0.126 e. The van der Waals surface area contributed by atoms with Crippen LogP contribution in [0, 0.1) is 47.0 Å². The van der Waals surface area contributed by atoms with Gasteiger partial charge in [0.2, 0.25) is 0 Å². The molecule has 0 aromatic heterocycles. The summed E-state index contributed by atoms with van der Waals surface area (Å²) in [5, 5.41) is 0. The molecule has 4 aromatic carbocycles. The van der Waals surface area contributed by atoms with E-state index in [0.29, 0.717) is 11.1 Å². The number of hydrogen-bond acceptors (Lipinski definition) is 0. The molecule has 4 aromatic rings. The molecule has 4 rings (SSSR count). The maximum Gasteiger partial charge on any atom is 0.126 e. The van der Waals surface area contributed by atoms with Crippen molar-refractivity contribution in [2.24, 2.45) is 0 Å². The molecule has 0 heterocycles. The number of unbranched alkanes of at least 4 members (excludes halogenated alkanes) is 4. The normalized spacial score (nSPS) is 10.3. The number of hydrogen-bond donors (Lipinski definition) is 0. The first-order valence-electron chi connectivity index (χ1n) is 12.1. The zero-order chi connectivity index (χ0) is 26.0. The minimum absolute atomic E-state index is 0.498. The highest BCUT2D eigenvalue weighted by atomic mass is 19.1. The first-order chi connectivity index (χ1) is 18.0. The predicted molar refractivity (Wildman–Crippen MR) is 140 cm³/mol. The summed E-state index contributed by atoms with van der Waals surface area (Å²) in [5.74, 6) is 10.2. The topological polar surface area (TPSA) is 0 Å². The molecule has 184 valence electrons. The van der Waals surface area contributed by atoms with Crippen LogP contribution in [-0.2, 0) is 0 Å². The molecule has 0 aliphatic heterocycles. The first-order valence-corrected chi connectivity index (χ1v) is 12.1. The molecule has 0 nitrogen and oxygen atoms in total. The SMILES string of the molecule is Fc1cc(F)cc(-c2ccc(C#CCCCCCC#Cc3ccc(-c4cc(F)cc(F)c4)cc3)cc2)c1. The zero-order valence-electron chi connectivity index (χ0n) is 20.1. The first kappa shape index (κ1) is 25.8. The van der Waals surface area contributed by atoms with Crippen LogP contribution in [0.5, 0.6) is 0 Å². The van der Waals surface area contributed by atoms with E-state index in [2.05, 4.69) is 23.7 Å². The van der Waals surface area contributed by atoms with E-state index in [-0.39, 0.29) is 0 Å². The predicted octanol–water partition coefficient (Wildman–Crippen LogP) is 8.93. The molecule has 0 unspecified atom stereocenters. The number of benzene rings is 4. The van der Waals surface area contributed by atoms with Gasteiger partial charge in [0.25, 0.3) is 0 Å². The molecule has 0 saturated heterocycles. The molecule has 0 N–H and O–H groups in total. The maximum atomic E-state index is 13.4. The van der Waals surface area contributed by atoms with Crippen LogP contribution in [0.1, 0.15) is 43.2 Å². The van der Waals surface area contributed by atoms with Crippen molar-refractivity contribution in [2.45, 2.75) is 32.1 Å². The van der Waals surface area contributed by atoms with Crippen LogP contribution in [0.3, 0.4) is 0 Å². The van der Waals surface area contributed by atoms with Crippen molar-refractivity contribution in [3.05, 3.63) is 119 Å². The second kappa shape index (κ2) is 12.6. The fourth-order valence-corrected chi connectivity index (χ4v) is 3.87. The van der Waals surface area contributed by atoms with Gasteiger partial charge in [0.05, 0.1) is 0 Å². The third-order valence-corrected chi connectivity index (χ3v) is 5.73. The van der Waals surface area contributed by atoms with Gasteiger partial charge in [0, 0.05) is 36.1 Å². The summed E-state index contributed by atoms with van der Waals surface area (Å²) >= 11 is 0. The average Bonchev–Trinajstić information content (AvgIpc) is 2.87. The Labute approximate surface area is 215 Å². The summed E-state index contributed by atoms with van der Waals surface area (Å²) < 4.78 is 53.6. The standard InChI is InChI=1S/C33H24F4/c34-30-18-28(19-31(35)22-30)26-14-10-24(11-15-26)8-6-4-2-1-3-5-7-9-25-12-16-27(17-13-25)29-20-32(36)23-33(37)21-29/h10-23H,1-5H2. The fraction of sp³-hybridized carbons (Fsp3) is 0.152. The van der Waals surface area contributed by atoms with Gasteiger partial charge in [-0.15, -0.1) is 0 Å². The largest absolute Gasteiger partial charge is 0.207 e. The Bertz CT molecular complexity index is 1320. The van der Waals surface area contributed by atoms with Gasteiger partial charge in [-0.3, -0.25) is 0 Å². The summed E-state index contributed by atoms with van der Waals surface area (Å²) in [7, 11) is 0. The third kappa shape index (κ3) is 7.86. The van der Waals surface area contributed by atoms with Crippen molar-refractivity contribution in [3.8, 4) is 45.9 Å². The summed E-state index contributed by atoms with van der Waals surface area (Å²) in [6, 6.07) is 21.6. The van der Waals surface area contributed by atoms with E-state index < -0.39 is 23.3 Å². The summed E-state index contributed by atoms with van der Waals surface area (Å²) in [6.07, 6.45) is 4.55. The van der Waals surface area contributed by atoms with Crippen LogP contribution in [0.4, 0.5) is 17.6 Å². The van der Waals surface area contributed by atoms with E-state index in [9.17, 15) is 17.6 Å². The number of halogens is 4. The highest BCUT2D eigenvalue weighted by Gasteiger charge is 2.04. The van der Waals surface area contributed by atoms with E-state index in [1.807, 2.05) is 48.5 Å². The molecule has 37 heavy (non-hydrogen) atoms. The van der Waals surface area contributed by atoms with Gasteiger partial charge < -0.3 is 0 Å². The highest BCUT2D eigenvalue weighted by molar-refractivity contribution is 5.65. The lowest BCUT2D eigenvalue weighted by Crippen LogP contribution is -1.84. The Morgan fingerprint density at radius 3 is 1.11 bits per heavy atom. The monoisotopic (exact) mass is 496 g/mol. The Morgan fingerprint density at radius 2 is 0.757 bits per heavy atom. The number of rotatable bonds is 6. The van der Waals surface area contributed by atoms with Gasteiger partial charge in [-0.25, -0.2) is 17.6 Å². The van der Waals surface area contributed by atoms with Gasteiger partial charge in [-0.2, -0.15) is 0 Å². The highest BCUT2D eigenvalue weighted by Crippen LogP contribution is 2.23. The Balaban J connectivity index is 1.17. The Hall–Kier alpha value is -4.28. The summed E-state index contributed by atoms with van der Waals surface area (Å²) in [6.45, 7) is 0. The van der Waals surface area contributed by atoms with Crippen molar-refractivity contribution in [1.29, 1.82) is 0 Å². The molecular weight excluding hydrogens is 472 g/mol. The molecule has 0 aliphatic carbocycles. The third-order valence-electron chi connectivity index (χ3n) is 5.73. The van der Waals surface area contributed by atoms with Gasteiger partial charge in [0.1, 0.15) is 23.3 Å². The molecule has 0 bridgehead atoms. The maximum absolute atomic E-state index is 13.4. The molecule has 0 radical (unpaired) electrons. The molecular formula is C33H24F4. The second-order valence-electron chi connectivity index (χ2n) is 8.64. The molecule has 0 spiro atoms. The van der Waals surface area contributed by atoms with Crippen LogP contribution in [0.15, 0.2) is 84.9 Å². The fourth-order valence-electron chi connectivity index (χ4n) is 3.87. The molecule has 0 aliphatic rings. The van der Waals surface area contributed by atoms with E-state index >= 15 is 0 Å². The second-order valence-corrected chi connectivity index (χ2v) is 8.64. The quantitative estimate of drug-likeness (QED) is 0.142. The minimum Gasteiger partial charge on any atom is -0.207 e. The van der Waals surface area contributed by atoms with Crippen molar-refractivity contribution in [1.82, 2.24) is 0 Å². The molecule has 0 atom stereocenters. The summed E-state index contributed by atoms with van der Waals surface area (Å²) in [4.78, 5) is 0. The summed E-state index contributed by atoms with van der Waals surface area (Å²) in [5.41, 5.74) is 4.20. The van der Waals surface area contributed by atoms with Crippen LogP contribution < -0.4 is 0 Å². The zero-order valence-corrected chi connectivity index (χ0v) is 20.1. The van der Waals surface area contributed by atoms with Crippen LogP contribution in [0.25, 0.3) is 22.3 Å². The van der Waals surface area contributed by atoms with Crippen LogP contribution in [0.2, 0.25) is 0 Å². The lowest BCUT2D eigenvalue weighted by Gasteiger charge is -2.02. The van der Waals surface area contributed by atoms with Gasteiger partial charge in [-0.1, -0.05) is 54.4 Å². The molecule has 4 heteroatoms. The van der Waals surface area contributed by atoms with Crippen molar-refractivity contribution in [2.75, 3.05) is 0 Å². The van der Waals surface area contributed by atoms with E-state index in [4.69, 9.17) is 0 Å². The Morgan fingerprint density at radius 1 is 0.405 bits per heavy atom. The van der Waals surface area contributed by atoms with Crippen molar-refractivity contribution < 1.29 is 17.6 Å². The van der Waals surface area contributed by atoms with E-state index in [1.54, 1.807) is 0 Å². The average molecular weight is 497 g/mol. The van der Waals surface area contributed by atoms with Gasteiger partial charge in [-0.05, 0) is 83.6 Å². The lowest BCUT2D eigenvalue weighted by molar-refractivity contribution is 0.583. The van der Waals surface area contributed by atoms with E-state index in [0.717, 1.165) is 66.5 Å². The minimum atomic E-state index is -0.597. The molecule has 0 saturated carbocycles. The van der Waals surface area contributed by atoms with Crippen LogP contribution in [-0.4, -0.2) is 0 Å².